The van der Waals surface area contributed by atoms with E-state index in [1.807, 2.05) is 0 Å². The number of amides is 2. The van der Waals surface area contributed by atoms with Crippen LogP contribution in [0, 0.1) is 0 Å². The molecule has 20 heavy (non-hydrogen) atoms. The minimum Gasteiger partial charge on any atom is -0.478 e. The molecule has 0 atom stereocenters. The van der Waals surface area contributed by atoms with Gasteiger partial charge in [-0.3, -0.25) is 5.32 Å². The number of aliphatic carboxylic acids is 1. The van der Waals surface area contributed by atoms with Crippen LogP contribution in [-0.4, -0.2) is 26.7 Å². The topological polar surface area (TPSA) is 104 Å². The molecule has 1 heterocycles. The van der Waals surface area contributed by atoms with Gasteiger partial charge in [0.25, 0.3) is 0 Å². The fraction of sp³-hybridized carbons (Fsp3) is 0. The Morgan fingerprint density at radius 1 is 1.20 bits per heavy atom. The molecule has 7 nitrogen and oxygen atoms in total. The summed E-state index contributed by atoms with van der Waals surface area (Å²) in [4.78, 5) is 22.0. The number of hydrogen-bond acceptors (Lipinski definition) is 5. The van der Waals surface area contributed by atoms with E-state index in [0.717, 1.165) is 23.2 Å². The molecule has 2 aromatic rings. The Hall–Kier alpha value is -2.74. The van der Waals surface area contributed by atoms with Gasteiger partial charge in [0.2, 0.25) is 0 Å². The Morgan fingerprint density at radius 3 is 2.55 bits per heavy atom. The van der Waals surface area contributed by atoms with Crippen molar-refractivity contribution in [3.8, 4) is 0 Å². The van der Waals surface area contributed by atoms with E-state index < -0.39 is 12.0 Å². The van der Waals surface area contributed by atoms with E-state index in [2.05, 4.69) is 20.2 Å². The van der Waals surface area contributed by atoms with E-state index in [9.17, 15) is 9.59 Å². The zero-order valence-corrected chi connectivity index (χ0v) is 10.9. The predicted molar refractivity (Wildman–Crippen MR) is 75.7 cm³/mol. The summed E-state index contributed by atoms with van der Waals surface area (Å²) < 4.78 is 3.62. The second kappa shape index (κ2) is 6.43. The number of nitrogens with one attached hydrogen (secondary N) is 2. The molecule has 0 aliphatic carbocycles. The van der Waals surface area contributed by atoms with Gasteiger partial charge in [0, 0.05) is 23.3 Å². The maximum Gasteiger partial charge on any atom is 0.328 e. The first-order chi connectivity index (χ1) is 9.63. The SMILES string of the molecule is O=C(O)/C=C/c1ccc(NC(=O)Nc2cnns2)cc1. The molecule has 0 unspecified atom stereocenters. The second-order valence-electron chi connectivity index (χ2n) is 3.65. The van der Waals surface area contributed by atoms with Crippen molar-refractivity contribution in [1.82, 2.24) is 9.59 Å². The molecule has 1 aromatic carbocycles. The van der Waals surface area contributed by atoms with Gasteiger partial charge in [-0.05, 0) is 23.8 Å². The molecule has 102 valence electrons. The predicted octanol–water partition coefficient (Wildman–Crippen LogP) is 2.28. The van der Waals surface area contributed by atoms with Gasteiger partial charge in [0.15, 0.2) is 0 Å². The molecule has 2 rings (SSSR count). The summed E-state index contributed by atoms with van der Waals surface area (Å²) in [6, 6.07) is 6.34. The van der Waals surface area contributed by atoms with Gasteiger partial charge in [-0.1, -0.05) is 16.6 Å². The van der Waals surface area contributed by atoms with Crippen LogP contribution in [0.4, 0.5) is 15.5 Å². The zero-order chi connectivity index (χ0) is 14.4. The molecule has 1 aromatic heterocycles. The minimum absolute atomic E-state index is 0.398. The van der Waals surface area contributed by atoms with Crippen LogP contribution >= 0.6 is 11.5 Å². The summed E-state index contributed by atoms with van der Waals surface area (Å²) in [6.07, 6.45) is 3.96. The molecule has 3 N–H and O–H groups in total. The number of anilines is 2. The number of aromatic nitrogens is 2. The summed E-state index contributed by atoms with van der Waals surface area (Å²) in [7, 11) is 0. The van der Waals surface area contributed by atoms with Gasteiger partial charge in [0.1, 0.15) is 5.00 Å². The van der Waals surface area contributed by atoms with Crippen molar-refractivity contribution in [3.05, 3.63) is 42.1 Å². The van der Waals surface area contributed by atoms with Gasteiger partial charge in [-0.2, -0.15) is 0 Å². The summed E-state index contributed by atoms with van der Waals surface area (Å²) in [6.45, 7) is 0. The summed E-state index contributed by atoms with van der Waals surface area (Å²) in [5.74, 6) is -1.01. The van der Waals surface area contributed by atoms with Crippen molar-refractivity contribution in [1.29, 1.82) is 0 Å². The van der Waals surface area contributed by atoms with E-state index in [-0.39, 0.29) is 0 Å². The smallest absolute Gasteiger partial charge is 0.328 e. The Bertz CT molecular complexity index is 623. The maximum absolute atomic E-state index is 11.6. The van der Waals surface area contributed by atoms with Crippen LogP contribution in [0.15, 0.2) is 36.5 Å². The van der Waals surface area contributed by atoms with Crippen molar-refractivity contribution in [2.24, 2.45) is 0 Å². The van der Waals surface area contributed by atoms with Crippen LogP contribution in [0.25, 0.3) is 6.08 Å². The molecule has 0 spiro atoms. The fourth-order valence-corrected chi connectivity index (χ4v) is 1.76. The van der Waals surface area contributed by atoms with Crippen LogP contribution in [-0.2, 0) is 4.79 Å². The summed E-state index contributed by atoms with van der Waals surface area (Å²) in [5.41, 5.74) is 1.32. The van der Waals surface area contributed by atoms with Crippen molar-refractivity contribution < 1.29 is 14.7 Å². The molecule has 0 aliphatic rings. The zero-order valence-electron chi connectivity index (χ0n) is 10.1. The van der Waals surface area contributed by atoms with E-state index in [4.69, 9.17) is 5.11 Å². The molecular weight excluding hydrogens is 280 g/mol. The van der Waals surface area contributed by atoms with Gasteiger partial charge in [-0.25, -0.2) is 9.59 Å². The third-order valence-corrected chi connectivity index (χ3v) is 2.77. The molecule has 0 aliphatic heterocycles. The lowest BCUT2D eigenvalue weighted by molar-refractivity contribution is -0.131. The average Bonchev–Trinajstić information content (AvgIpc) is 2.90. The Kier molecular flexibility index (Phi) is 4.40. The van der Waals surface area contributed by atoms with E-state index >= 15 is 0 Å². The van der Waals surface area contributed by atoms with Gasteiger partial charge in [0.05, 0.1) is 6.20 Å². The van der Waals surface area contributed by atoms with Crippen LogP contribution in [0.5, 0.6) is 0 Å². The lowest BCUT2D eigenvalue weighted by Gasteiger charge is -2.05. The second-order valence-corrected chi connectivity index (χ2v) is 4.44. The van der Waals surface area contributed by atoms with Crippen molar-refractivity contribution >= 4 is 40.3 Å². The highest BCUT2D eigenvalue weighted by Gasteiger charge is 2.03. The molecule has 0 fully saturated rings. The lowest BCUT2D eigenvalue weighted by atomic mass is 10.2. The van der Waals surface area contributed by atoms with Crippen LogP contribution in [0.1, 0.15) is 5.56 Å². The first kappa shape index (κ1) is 13.7. The maximum atomic E-state index is 11.6. The number of urea groups is 1. The number of carboxylic acids is 1. The van der Waals surface area contributed by atoms with Gasteiger partial charge >= 0.3 is 12.0 Å². The molecule has 8 heteroatoms. The first-order valence-corrected chi connectivity index (χ1v) is 6.27. The molecule has 0 saturated carbocycles. The van der Waals surface area contributed by atoms with Crippen LogP contribution in [0.3, 0.4) is 0 Å². The highest BCUT2D eigenvalue weighted by molar-refractivity contribution is 7.10. The number of carbonyl (C=O) groups is 2. The molecular formula is C12H10N4O3S. The van der Waals surface area contributed by atoms with Crippen molar-refractivity contribution in [2.75, 3.05) is 10.6 Å². The van der Waals surface area contributed by atoms with Crippen molar-refractivity contribution in [3.63, 3.8) is 0 Å². The van der Waals surface area contributed by atoms with Crippen LogP contribution < -0.4 is 10.6 Å². The monoisotopic (exact) mass is 290 g/mol. The minimum atomic E-state index is -1.01. The van der Waals surface area contributed by atoms with E-state index in [0.29, 0.717) is 10.7 Å². The highest BCUT2D eigenvalue weighted by Crippen LogP contribution is 2.13. The third-order valence-electron chi connectivity index (χ3n) is 2.18. The lowest BCUT2D eigenvalue weighted by Crippen LogP contribution is -2.18. The van der Waals surface area contributed by atoms with Crippen molar-refractivity contribution in [2.45, 2.75) is 0 Å². The highest BCUT2D eigenvalue weighted by atomic mass is 32.1. The van der Waals surface area contributed by atoms with Crippen LogP contribution in [0.2, 0.25) is 0 Å². The fourth-order valence-electron chi connectivity index (χ4n) is 1.34. The largest absolute Gasteiger partial charge is 0.478 e. The summed E-state index contributed by atoms with van der Waals surface area (Å²) >= 11 is 1.08. The number of hydrogen-bond donors (Lipinski definition) is 3. The first-order valence-electron chi connectivity index (χ1n) is 5.50. The van der Waals surface area contributed by atoms with E-state index in [1.165, 1.54) is 12.3 Å². The number of rotatable bonds is 4. The number of benzene rings is 1. The number of carboxylic acid groups (broad SMARTS) is 1. The Labute approximate surface area is 118 Å². The quantitative estimate of drug-likeness (QED) is 0.749. The molecule has 0 saturated heterocycles. The third kappa shape index (κ3) is 4.18. The molecule has 2 amide bonds. The molecule has 0 bridgehead atoms. The van der Waals surface area contributed by atoms with Gasteiger partial charge in [-0.15, -0.1) is 5.10 Å². The number of carbonyl (C=O) groups excluding carboxylic acids is 1. The van der Waals surface area contributed by atoms with E-state index in [1.54, 1.807) is 24.3 Å². The normalized spacial score (nSPS) is 10.4. The standard InChI is InChI=1S/C12H10N4O3S/c17-11(18)6-3-8-1-4-9(5-2-8)14-12(19)15-10-7-13-16-20-10/h1-7H,(H,17,18)(H2,14,15,19)/b6-3+. The number of nitrogens with zero attached hydrogens (tertiary/aromatic N) is 2. The Balaban J connectivity index is 1.93. The Morgan fingerprint density at radius 2 is 1.95 bits per heavy atom. The average molecular weight is 290 g/mol. The van der Waals surface area contributed by atoms with Gasteiger partial charge < -0.3 is 10.4 Å². The molecule has 0 radical (unpaired) electrons. The summed E-state index contributed by atoms with van der Waals surface area (Å²) in [5, 5.41) is 17.9.